The number of benzene rings is 2. The molecule has 1 N–H and O–H groups in total. The number of ether oxygens (including phenoxy) is 2. The van der Waals surface area contributed by atoms with E-state index in [0.29, 0.717) is 0 Å². The number of nitrogens with one attached hydrogen (secondary N) is 1. The van der Waals surface area contributed by atoms with Crippen LogP contribution in [0.2, 0.25) is 0 Å². The third kappa shape index (κ3) is 5.44. The van der Waals surface area contributed by atoms with Crippen molar-refractivity contribution in [2.45, 2.75) is 23.7 Å². The van der Waals surface area contributed by atoms with Crippen molar-refractivity contribution in [2.75, 3.05) is 27.2 Å². The number of halogens is 3. The predicted molar refractivity (Wildman–Crippen MR) is 105 cm³/mol. The Balaban J connectivity index is 1.68. The summed E-state index contributed by atoms with van der Waals surface area (Å²) in [5.74, 6) is 0.319. The molecule has 0 spiro atoms. The topological polar surface area (TPSA) is 67.9 Å². The summed E-state index contributed by atoms with van der Waals surface area (Å²) in [6, 6.07) is 11.8. The summed E-state index contributed by atoms with van der Waals surface area (Å²) in [6.07, 6.45) is -4.02. The third-order valence-electron chi connectivity index (χ3n) is 5.13. The van der Waals surface area contributed by atoms with E-state index in [1.54, 1.807) is 7.11 Å². The van der Waals surface area contributed by atoms with Gasteiger partial charge in [-0.15, -0.1) is 13.2 Å². The van der Waals surface area contributed by atoms with E-state index in [-0.39, 0.29) is 23.4 Å². The first-order valence-corrected chi connectivity index (χ1v) is 10.8. The van der Waals surface area contributed by atoms with Gasteiger partial charge in [0.15, 0.2) is 0 Å². The Morgan fingerprint density at radius 1 is 1.07 bits per heavy atom. The highest BCUT2D eigenvalue weighted by Gasteiger charge is 2.34. The zero-order chi connectivity index (χ0) is 21.9. The molecule has 0 radical (unpaired) electrons. The summed E-state index contributed by atoms with van der Waals surface area (Å²) < 4.78 is 73.5. The molecule has 2 atom stereocenters. The molecule has 2 aromatic rings. The molecule has 0 saturated carbocycles. The van der Waals surface area contributed by atoms with Crippen LogP contribution in [0.15, 0.2) is 53.4 Å². The van der Waals surface area contributed by atoms with Gasteiger partial charge in [-0.2, -0.15) is 0 Å². The fraction of sp³-hybridized carbons (Fsp3) is 0.400. The largest absolute Gasteiger partial charge is 0.573 e. The Bertz CT molecular complexity index is 948. The van der Waals surface area contributed by atoms with Crippen molar-refractivity contribution in [3.8, 4) is 11.5 Å². The molecule has 1 heterocycles. The minimum Gasteiger partial charge on any atom is -0.497 e. The average Bonchev–Trinajstić information content (AvgIpc) is 3.06. The van der Waals surface area contributed by atoms with Gasteiger partial charge in [0.25, 0.3) is 0 Å². The van der Waals surface area contributed by atoms with Crippen molar-refractivity contribution in [1.82, 2.24) is 9.62 Å². The first kappa shape index (κ1) is 22.4. The molecule has 2 aromatic carbocycles. The van der Waals surface area contributed by atoms with Crippen LogP contribution >= 0.6 is 0 Å². The van der Waals surface area contributed by atoms with E-state index in [1.165, 1.54) is 0 Å². The lowest BCUT2D eigenvalue weighted by Crippen LogP contribution is -2.32. The fourth-order valence-corrected chi connectivity index (χ4v) is 4.78. The van der Waals surface area contributed by atoms with E-state index in [9.17, 15) is 21.6 Å². The van der Waals surface area contributed by atoms with Gasteiger partial charge in [0, 0.05) is 12.6 Å². The molecule has 6 nitrogen and oxygen atoms in total. The average molecular weight is 444 g/mol. The first-order chi connectivity index (χ1) is 14.1. The van der Waals surface area contributed by atoms with Gasteiger partial charge in [-0.3, -0.25) is 4.90 Å². The lowest BCUT2D eigenvalue weighted by atomic mass is 9.94. The SMILES string of the molecule is COc1ccc([C@H]2[C@H](CNS(=O)(=O)c3ccc(OC(F)(F)F)cc3)CCN2C)cc1. The van der Waals surface area contributed by atoms with E-state index >= 15 is 0 Å². The van der Waals surface area contributed by atoms with Gasteiger partial charge in [0.1, 0.15) is 11.5 Å². The molecular formula is C20H23F3N2O4S. The summed E-state index contributed by atoms with van der Waals surface area (Å²) in [5, 5.41) is 0. The Morgan fingerprint density at radius 2 is 1.67 bits per heavy atom. The fourth-order valence-electron chi connectivity index (χ4n) is 3.69. The maximum absolute atomic E-state index is 12.6. The molecule has 30 heavy (non-hydrogen) atoms. The van der Waals surface area contributed by atoms with Crippen molar-refractivity contribution >= 4 is 10.0 Å². The van der Waals surface area contributed by atoms with Crippen LogP contribution in [-0.4, -0.2) is 46.9 Å². The molecule has 0 aliphatic carbocycles. The van der Waals surface area contributed by atoms with Gasteiger partial charge in [-0.1, -0.05) is 12.1 Å². The zero-order valence-corrected chi connectivity index (χ0v) is 17.3. The molecule has 1 aliphatic rings. The van der Waals surface area contributed by atoms with E-state index < -0.39 is 22.1 Å². The highest BCUT2D eigenvalue weighted by molar-refractivity contribution is 7.89. The molecular weight excluding hydrogens is 421 g/mol. The zero-order valence-electron chi connectivity index (χ0n) is 16.5. The molecule has 1 aliphatic heterocycles. The maximum Gasteiger partial charge on any atom is 0.573 e. The van der Waals surface area contributed by atoms with Crippen molar-refractivity contribution in [2.24, 2.45) is 5.92 Å². The van der Waals surface area contributed by atoms with Crippen LogP contribution in [0.3, 0.4) is 0 Å². The number of sulfonamides is 1. The summed E-state index contributed by atoms with van der Waals surface area (Å²) in [7, 11) is -0.285. The van der Waals surface area contributed by atoms with Crippen molar-refractivity contribution in [3.63, 3.8) is 0 Å². The quantitative estimate of drug-likeness (QED) is 0.707. The van der Waals surface area contributed by atoms with Gasteiger partial charge in [-0.25, -0.2) is 13.1 Å². The molecule has 0 amide bonds. The van der Waals surface area contributed by atoms with Crippen LogP contribution in [0.1, 0.15) is 18.0 Å². The van der Waals surface area contributed by atoms with E-state index in [4.69, 9.17) is 4.74 Å². The maximum atomic E-state index is 12.6. The summed E-state index contributed by atoms with van der Waals surface area (Å²) >= 11 is 0. The van der Waals surface area contributed by atoms with Gasteiger partial charge in [0.05, 0.1) is 12.0 Å². The van der Waals surface area contributed by atoms with Crippen LogP contribution in [0.25, 0.3) is 0 Å². The van der Waals surface area contributed by atoms with Crippen molar-refractivity contribution < 1.29 is 31.1 Å². The summed E-state index contributed by atoms with van der Waals surface area (Å²) in [5.41, 5.74) is 1.06. The van der Waals surface area contributed by atoms with Crippen LogP contribution in [-0.2, 0) is 10.0 Å². The third-order valence-corrected chi connectivity index (χ3v) is 6.57. The molecule has 0 bridgehead atoms. The number of alkyl halides is 3. The van der Waals surface area contributed by atoms with E-state index in [1.807, 2.05) is 31.3 Å². The number of nitrogens with zero attached hydrogens (tertiary/aromatic N) is 1. The van der Waals surface area contributed by atoms with Crippen LogP contribution in [0, 0.1) is 5.92 Å². The van der Waals surface area contributed by atoms with Crippen molar-refractivity contribution in [3.05, 3.63) is 54.1 Å². The smallest absolute Gasteiger partial charge is 0.497 e. The Kier molecular flexibility index (Phi) is 6.59. The number of rotatable bonds is 7. The van der Waals surface area contributed by atoms with Gasteiger partial charge < -0.3 is 9.47 Å². The summed E-state index contributed by atoms with van der Waals surface area (Å²) in [6.45, 7) is 1.04. The molecule has 10 heteroatoms. The molecule has 164 valence electrons. The van der Waals surface area contributed by atoms with Crippen LogP contribution < -0.4 is 14.2 Å². The Labute approximate surface area is 173 Å². The number of hydrogen-bond acceptors (Lipinski definition) is 5. The van der Waals surface area contributed by atoms with Gasteiger partial charge in [-0.05, 0) is 67.9 Å². The highest BCUT2D eigenvalue weighted by Crippen LogP contribution is 2.36. The second kappa shape index (κ2) is 8.83. The second-order valence-corrected chi connectivity index (χ2v) is 8.89. The molecule has 0 unspecified atom stereocenters. The van der Waals surface area contributed by atoms with Gasteiger partial charge in [0.2, 0.25) is 10.0 Å². The summed E-state index contributed by atoms with van der Waals surface area (Å²) in [4.78, 5) is 2.05. The minimum absolute atomic E-state index is 0.0427. The lowest BCUT2D eigenvalue weighted by molar-refractivity contribution is -0.274. The molecule has 0 aromatic heterocycles. The normalized spacial score (nSPS) is 20.3. The molecule has 3 rings (SSSR count). The van der Waals surface area contributed by atoms with Crippen LogP contribution in [0.4, 0.5) is 13.2 Å². The van der Waals surface area contributed by atoms with Gasteiger partial charge >= 0.3 is 6.36 Å². The predicted octanol–water partition coefficient (Wildman–Crippen LogP) is 3.57. The molecule has 1 saturated heterocycles. The first-order valence-electron chi connectivity index (χ1n) is 9.29. The Hall–Kier alpha value is -2.30. The monoisotopic (exact) mass is 444 g/mol. The number of hydrogen-bond donors (Lipinski definition) is 1. The Morgan fingerprint density at radius 3 is 2.23 bits per heavy atom. The number of methoxy groups -OCH3 is 1. The van der Waals surface area contributed by atoms with E-state index in [2.05, 4.69) is 14.4 Å². The highest BCUT2D eigenvalue weighted by atomic mass is 32.2. The van der Waals surface area contributed by atoms with E-state index in [0.717, 1.165) is 48.5 Å². The van der Waals surface area contributed by atoms with Crippen molar-refractivity contribution in [1.29, 1.82) is 0 Å². The minimum atomic E-state index is -4.83. The lowest BCUT2D eigenvalue weighted by Gasteiger charge is -2.26. The second-order valence-electron chi connectivity index (χ2n) is 7.12. The standard InChI is InChI=1S/C20H23F3N2O4S/c1-25-12-11-15(19(25)14-3-5-16(28-2)6-4-14)13-24-30(26,27)18-9-7-17(8-10-18)29-20(21,22)23/h3-10,15,19,24H,11-13H2,1-2H3/t15-,19-/m0/s1. The van der Waals surface area contributed by atoms with Crippen LogP contribution in [0.5, 0.6) is 11.5 Å². The molecule has 1 fully saturated rings. The number of likely N-dealkylation sites (tertiary alicyclic amines) is 1.